The van der Waals surface area contributed by atoms with Crippen molar-refractivity contribution in [3.8, 4) is 5.69 Å². The number of hydrogen-bond acceptors (Lipinski definition) is 3. The van der Waals surface area contributed by atoms with Gasteiger partial charge in [-0.25, -0.2) is 9.36 Å². The van der Waals surface area contributed by atoms with E-state index in [-0.39, 0.29) is 11.2 Å². The van der Waals surface area contributed by atoms with E-state index >= 15 is 0 Å². The van der Waals surface area contributed by atoms with Gasteiger partial charge in [-0.3, -0.25) is 9.59 Å². The highest BCUT2D eigenvalue weighted by molar-refractivity contribution is 5.59. The predicted octanol–water partition coefficient (Wildman–Crippen LogP) is 0.568. The van der Waals surface area contributed by atoms with Crippen molar-refractivity contribution < 1.29 is 4.79 Å². The SMILES string of the molecule is Cc1c(N)c(=O)n(-c2ccccc2)n1C=O. The number of para-hydroxylation sites is 1. The van der Waals surface area contributed by atoms with E-state index in [0.29, 0.717) is 17.8 Å². The first-order valence-corrected chi connectivity index (χ1v) is 4.77. The molecule has 0 bridgehead atoms. The molecule has 0 atom stereocenters. The highest BCUT2D eigenvalue weighted by atomic mass is 16.2. The predicted molar refractivity (Wildman–Crippen MR) is 61.3 cm³/mol. The van der Waals surface area contributed by atoms with Crippen molar-refractivity contribution in [1.29, 1.82) is 0 Å². The fourth-order valence-corrected chi connectivity index (χ4v) is 1.58. The molecule has 0 unspecified atom stereocenters. The second-order valence-corrected chi connectivity index (χ2v) is 3.40. The Labute approximate surface area is 91.7 Å². The van der Waals surface area contributed by atoms with Gasteiger partial charge in [-0.05, 0) is 19.1 Å². The Morgan fingerprint density at radius 2 is 1.88 bits per heavy atom. The van der Waals surface area contributed by atoms with Gasteiger partial charge in [-0.1, -0.05) is 18.2 Å². The average Bonchev–Trinajstić information content (AvgIpc) is 2.54. The zero-order chi connectivity index (χ0) is 11.7. The monoisotopic (exact) mass is 217 g/mol. The van der Waals surface area contributed by atoms with Gasteiger partial charge in [0, 0.05) is 0 Å². The number of anilines is 1. The second kappa shape index (κ2) is 3.69. The second-order valence-electron chi connectivity index (χ2n) is 3.40. The molecule has 5 nitrogen and oxygen atoms in total. The van der Waals surface area contributed by atoms with Crippen LogP contribution in [0.2, 0.25) is 0 Å². The Hall–Kier alpha value is -2.30. The summed E-state index contributed by atoms with van der Waals surface area (Å²) < 4.78 is 2.45. The lowest BCUT2D eigenvalue weighted by molar-refractivity contribution is 0.529. The van der Waals surface area contributed by atoms with Gasteiger partial charge in [-0.15, -0.1) is 0 Å². The molecular formula is C11H11N3O2. The van der Waals surface area contributed by atoms with Crippen LogP contribution < -0.4 is 11.3 Å². The Bertz CT molecular complexity index is 581. The molecule has 0 amide bonds. The molecule has 2 rings (SSSR count). The quantitative estimate of drug-likeness (QED) is 0.747. The number of nitrogens with two attached hydrogens (primary N) is 1. The number of nitrogen functional groups attached to an aromatic ring is 1. The van der Waals surface area contributed by atoms with Gasteiger partial charge in [0.25, 0.3) is 5.56 Å². The molecule has 0 spiro atoms. The number of aromatic nitrogens is 2. The molecule has 2 aromatic rings. The molecule has 0 saturated heterocycles. The molecule has 0 aliphatic rings. The molecule has 82 valence electrons. The van der Waals surface area contributed by atoms with Crippen LogP contribution in [0.25, 0.3) is 5.69 Å². The summed E-state index contributed by atoms with van der Waals surface area (Å²) in [5, 5.41) is 0. The van der Waals surface area contributed by atoms with Crippen LogP contribution in [0.15, 0.2) is 35.1 Å². The van der Waals surface area contributed by atoms with Gasteiger partial charge in [0.15, 0.2) is 0 Å². The lowest BCUT2D eigenvalue weighted by Gasteiger charge is -2.05. The zero-order valence-corrected chi connectivity index (χ0v) is 8.75. The van der Waals surface area contributed by atoms with Crippen LogP contribution in [0.5, 0.6) is 0 Å². The van der Waals surface area contributed by atoms with Gasteiger partial charge in [0.05, 0.1) is 11.4 Å². The fraction of sp³-hybridized carbons (Fsp3) is 0.0909. The number of benzene rings is 1. The van der Waals surface area contributed by atoms with Crippen molar-refractivity contribution in [2.45, 2.75) is 6.92 Å². The molecule has 5 heteroatoms. The van der Waals surface area contributed by atoms with Crippen LogP contribution in [0.3, 0.4) is 0 Å². The molecular weight excluding hydrogens is 206 g/mol. The first kappa shape index (κ1) is 10.2. The first-order valence-electron chi connectivity index (χ1n) is 4.77. The normalized spacial score (nSPS) is 10.3. The first-order chi connectivity index (χ1) is 7.66. The summed E-state index contributed by atoms with van der Waals surface area (Å²) >= 11 is 0. The van der Waals surface area contributed by atoms with Crippen molar-refractivity contribution in [3.05, 3.63) is 46.4 Å². The topological polar surface area (TPSA) is 70.0 Å². The smallest absolute Gasteiger partial charge is 0.295 e. The van der Waals surface area contributed by atoms with Crippen LogP contribution in [0.1, 0.15) is 5.69 Å². The Morgan fingerprint density at radius 3 is 2.44 bits per heavy atom. The summed E-state index contributed by atoms with van der Waals surface area (Å²) in [6, 6.07) is 8.88. The highest BCUT2D eigenvalue weighted by Gasteiger charge is 2.14. The molecule has 0 radical (unpaired) electrons. The number of carbonyl (C=O) groups is 1. The summed E-state index contributed by atoms with van der Waals surface area (Å²) in [5.74, 6) is 0. The van der Waals surface area contributed by atoms with Crippen LogP contribution in [0.4, 0.5) is 5.69 Å². The third-order valence-electron chi connectivity index (χ3n) is 2.47. The van der Waals surface area contributed by atoms with Crippen molar-refractivity contribution in [3.63, 3.8) is 0 Å². The van der Waals surface area contributed by atoms with Crippen LogP contribution >= 0.6 is 0 Å². The van der Waals surface area contributed by atoms with E-state index in [0.717, 1.165) is 0 Å². The van der Waals surface area contributed by atoms with Crippen molar-refractivity contribution in [2.24, 2.45) is 0 Å². The molecule has 16 heavy (non-hydrogen) atoms. The van der Waals surface area contributed by atoms with Crippen molar-refractivity contribution >= 4 is 12.1 Å². The minimum Gasteiger partial charge on any atom is -0.393 e. The lowest BCUT2D eigenvalue weighted by Crippen LogP contribution is -2.22. The molecule has 0 fully saturated rings. The van der Waals surface area contributed by atoms with E-state index in [1.165, 1.54) is 9.36 Å². The summed E-state index contributed by atoms with van der Waals surface area (Å²) in [6.45, 7) is 1.63. The Kier molecular flexibility index (Phi) is 2.36. The van der Waals surface area contributed by atoms with Crippen molar-refractivity contribution in [2.75, 3.05) is 5.73 Å². The van der Waals surface area contributed by atoms with Crippen molar-refractivity contribution in [1.82, 2.24) is 9.36 Å². The number of rotatable bonds is 2. The lowest BCUT2D eigenvalue weighted by atomic mass is 10.3. The maximum absolute atomic E-state index is 11.8. The number of nitrogens with zero attached hydrogens (tertiary/aromatic N) is 2. The van der Waals surface area contributed by atoms with E-state index in [4.69, 9.17) is 5.73 Å². The molecule has 1 aromatic carbocycles. The fourth-order valence-electron chi connectivity index (χ4n) is 1.58. The molecule has 0 aliphatic heterocycles. The van der Waals surface area contributed by atoms with E-state index < -0.39 is 0 Å². The highest BCUT2D eigenvalue weighted by Crippen LogP contribution is 2.10. The minimum absolute atomic E-state index is 0.0935. The van der Waals surface area contributed by atoms with Gasteiger partial charge in [0.2, 0.25) is 6.41 Å². The molecule has 1 heterocycles. The van der Waals surface area contributed by atoms with Gasteiger partial charge in [0.1, 0.15) is 5.69 Å². The van der Waals surface area contributed by atoms with Crippen LogP contribution in [0, 0.1) is 6.92 Å². The molecule has 0 saturated carbocycles. The van der Waals surface area contributed by atoms with Crippen LogP contribution in [-0.2, 0) is 4.79 Å². The van der Waals surface area contributed by atoms with E-state index in [2.05, 4.69) is 0 Å². The summed E-state index contributed by atoms with van der Waals surface area (Å²) in [6.07, 6.45) is 0.570. The number of carbonyl (C=O) groups excluding carboxylic acids is 1. The molecule has 1 aromatic heterocycles. The Morgan fingerprint density at radius 1 is 1.25 bits per heavy atom. The minimum atomic E-state index is -0.379. The largest absolute Gasteiger partial charge is 0.393 e. The van der Waals surface area contributed by atoms with E-state index in [1.807, 2.05) is 6.07 Å². The molecule has 0 aliphatic carbocycles. The third-order valence-corrected chi connectivity index (χ3v) is 2.47. The Balaban J connectivity index is 2.80. The average molecular weight is 217 g/mol. The maximum atomic E-state index is 11.8. The van der Waals surface area contributed by atoms with Crippen LogP contribution in [-0.4, -0.2) is 15.8 Å². The summed E-state index contributed by atoms with van der Waals surface area (Å²) in [4.78, 5) is 22.8. The van der Waals surface area contributed by atoms with E-state index in [1.54, 1.807) is 31.2 Å². The van der Waals surface area contributed by atoms with E-state index in [9.17, 15) is 9.59 Å². The third kappa shape index (κ3) is 1.33. The van der Waals surface area contributed by atoms with Gasteiger partial charge in [-0.2, -0.15) is 0 Å². The number of hydrogen-bond donors (Lipinski definition) is 1. The summed E-state index contributed by atoms with van der Waals surface area (Å²) in [7, 11) is 0. The standard InChI is InChI=1S/C11H11N3O2/c1-8-10(12)11(16)14(13(8)7-15)9-5-3-2-4-6-9/h2-7H,12H2,1H3. The van der Waals surface area contributed by atoms with Gasteiger partial charge >= 0.3 is 0 Å². The van der Waals surface area contributed by atoms with Gasteiger partial charge < -0.3 is 5.73 Å². The summed E-state index contributed by atoms with van der Waals surface area (Å²) in [5.41, 5.74) is 6.38. The maximum Gasteiger partial charge on any atom is 0.295 e. The zero-order valence-electron chi connectivity index (χ0n) is 8.75. The molecule has 2 N–H and O–H groups in total.